The van der Waals surface area contributed by atoms with Gasteiger partial charge in [0.2, 0.25) is 5.91 Å². The van der Waals surface area contributed by atoms with E-state index in [1.807, 2.05) is 0 Å². The number of hydrogen-bond acceptors (Lipinski definition) is 7. The van der Waals surface area contributed by atoms with Gasteiger partial charge in [0.05, 0.1) is 43.3 Å². The zero-order chi connectivity index (χ0) is 29.5. The Balaban J connectivity index is 1.76. The lowest BCUT2D eigenvalue weighted by atomic mass is 9.97. The molecule has 0 spiro atoms. The Hall–Kier alpha value is -4.30. The highest BCUT2D eigenvalue weighted by Crippen LogP contribution is 2.38. The van der Waals surface area contributed by atoms with Crippen molar-refractivity contribution < 1.29 is 45.5 Å². The maximum Gasteiger partial charge on any atom is 0.416 e. The first-order chi connectivity index (χ1) is 18.8. The molecule has 1 atom stereocenters. The standard InChI is InChI=1S/C25H25F6N5O4/c1-2-40-21(38)12-19(15-8-16(24(26,27)28)11-17(9-15)25(29,30)31)36-20(37)13-34-22(39)14-4-3-5-18(10-14)35-23-32-6-7-33-23/h3-5,8-11,19H,2,6-7,12-13H2,1H3,(H,34,39)(H,36,37)(H2,32,33,35). The Labute approximate surface area is 224 Å². The number of amides is 2. The average molecular weight is 573 g/mol. The molecule has 1 aliphatic rings. The van der Waals surface area contributed by atoms with E-state index in [1.165, 1.54) is 19.1 Å². The van der Waals surface area contributed by atoms with Crippen molar-refractivity contribution in [2.75, 3.05) is 31.6 Å². The summed E-state index contributed by atoms with van der Waals surface area (Å²) in [4.78, 5) is 41.4. The lowest BCUT2D eigenvalue weighted by Crippen LogP contribution is -2.39. The maximum absolute atomic E-state index is 13.3. The number of rotatable bonds is 9. The highest BCUT2D eigenvalue weighted by molar-refractivity contribution is 5.99. The number of benzene rings is 2. The van der Waals surface area contributed by atoms with E-state index < -0.39 is 65.8 Å². The third-order valence-electron chi connectivity index (χ3n) is 5.49. The fraction of sp³-hybridized carbons (Fsp3) is 0.360. The lowest BCUT2D eigenvalue weighted by Gasteiger charge is -2.22. The topological polar surface area (TPSA) is 121 Å². The summed E-state index contributed by atoms with van der Waals surface area (Å²) in [5.74, 6) is -2.09. The van der Waals surface area contributed by atoms with Crippen LogP contribution in [-0.2, 0) is 26.7 Å². The monoisotopic (exact) mass is 573 g/mol. The van der Waals surface area contributed by atoms with Crippen LogP contribution < -0.4 is 21.3 Å². The van der Waals surface area contributed by atoms with Gasteiger partial charge < -0.3 is 26.0 Å². The van der Waals surface area contributed by atoms with Gasteiger partial charge in [0.25, 0.3) is 5.91 Å². The van der Waals surface area contributed by atoms with Crippen LogP contribution in [0.4, 0.5) is 32.0 Å². The van der Waals surface area contributed by atoms with Crippen LogP contribution in [0.15, 0.2) is 47.5 Å². The molecule has 1 aliphatic heterocycles. The van der Waals surface area contributed by atoms with Crippen LogP contribution in [0.25, 0.3) is 0 Å². The van der Waals surface area contributed by atoms with Gasteiger partial charge in [-0.05, 0) is 48.9 Å². The number of alkyl halides is 6. The summed E-state index contributed by atoms with van der Waals surface area (Å²) in [5.41, 5.74) is -3.14. The second-order valence-corrected chi connectivity index (χ2v) is 8.51. The Morgan fingerprint density at radius 3 is 2.27 bits per heavy atom. The summed E-state index contributed by atoms with van der Waals surface area (Å²) >= 11 is 0. The average Bonchev–Trinajstić information content (AvgIpc) is 3.39. The normalized spacial score (nSPS) is 14.0. The van der Waals surface area contributed by atoms with Crippen molar-refractivity contribution in [3.05, 3.63) is 64.7 Å². The predicted octanol–water partition coefficient (Wildman–Crippen LogP) is 3.64. The number of nitrogens with one attached hydrogen (secondary N) is 4. The van der Waals surface area contributed by atoms with E-state index in [4.69, 9.17) is 4.74 Å². The van der Waals surface area contributed by atoms with Crippen LogP contribution in [0.5, 0.6) is 0 Å². The third-order valence-corrected chi connectivity index (χ3v) is 5.49. The molecule has 0 bridgehead atoms. The summed E-state index contributed by atoms with van der Waals surface area (Å²) in [7, 11) is 0. The molecule has 216 valence electrons. The summed E-state index contributed by atoms with van der Waals surface area (Å²) in [5, 5.41) is 10.5. The number of carbonyl (C=O) groups is 3. The van der Waals surface area contributed by atoms with Gasteiger partial charge in [0.15, 0.2) is 5.96 Å². The quantitative estimate of drug-likeness (QED) is 0.269. The summed E-state index contributed by atoms with van der Waals surface area (Å²) in [6.07, 6.45) is -11.0. The molecule has 9 nitrogen and oxygen atoms in total. The Kier molecular flexibility index (Phi) is 9.60. The second-order valence-electron chi connectivity index (χ2n) is 8.51. The van der Waals surface area contributed by atoms with E-state index >= 15 is 0 Å². The molecule has 15 heteroatoms. The largest absolute Gasteiger partial charge is 0.466 e. The van der Waals surface area contributed by atoms with Gasteiger partial charge in [-0.25, -0.2) is 0 Å². The smallest absolute Gasteiger partial charge is 0.416 e. The van der Waals surface area contributed by atoms with Crippen molar-refractivity contribution in [2.24, 2.45) is 4.99 Å². The minimum absolute atomic E-state index is 0.0642. The van der Waals surface area contributed by atoms with Gasteiger partial charge in [-0.3, -0.25) is 19.4 Å². The molecule has 0 aromatic heterocycles. The van der Waals surface area contributed by atoms with Crippen molar-refractivity contribution in [1.82, 2.24) is 16.0 Å². The molecule has 1 unspecified atom stereocenters. The molecule has 40 heavy (non-hydrogen) atoms. The number of hydrogen-bond donors (Lipinski definition) is 4. The molecule has 0 saturated heterocycles. The lowest BCUT2D eigenvalue weighted by molar-refractivity contribution is -0.144. The molecule has 2 aromatic carbocycles. The zero-order valence-corrected chi connectivity index (χ0v) is 21.0. The molecule has 1 heterocycles. The van der Waals surface area contributed by atoms with Crippen LogP contribution in [-0.4, -0.2) is 50.0 Å². The molecule has 2 amide bonds. The maximum atomic E-state index is 13.3. The number of ether oxygens (including phenoxy) is 1. The Morgan fingerprint density at radius 1 is 1.02 bits per heavy atom. The van der Waals surface area contributed by atoms with Crippen LogP contribution in [0, 0.1) is 0 Å². The first-order valence-electron chi connectivity index (χ1n) is 11.9. The molecule has 0 fully saturated rings. The molecule has 4 N–H and O–H groups in total. The van der Waals surface area contributed by atoms with E-state index in [9.17, 15) is 40.7 Å². The molecular weight excluding hydrogens is 548 g/mol. The fourth-order valence-electron chi connectivity index (χ4n) is 3.68. The number of aliphatic imine (C=N–C) groups is 1. The van der Waals surface area contributed by atoms with E-state index in [1.54, 1.807) is 12.1 Å². The van der Waals surface area contributed by atoms with Crippen molar-refractivity contribution in [3.63, 3.8) is 0 Å². The SMILES string of the molecule is CCOC(=O)CC(NC(=O)CNC(=O)c1cccc(NC2=NCCN2)c1)c1cc(C(F)(F)F)cc(C(F)(F)F)c1. The number of guanidine groups is 1. The van der Waals surface area contributed by atoms with E-state index in [0.29, 0.717) is 36.9 Å². The predicted molar refractivity (Wildman–Crippen MR) is 131 cm³/mol. The van der Waals surface area contributed by atoms with Crippen molar-refractivity contribution in [3.8, 4) is 0 Å². The Morgan fingerprint density at radius 2 is 1.70 bits per heavy atom. The number of carbonyl (C=O) groups excluding carboxylic acids is 3. The van der Waals surface area contributed by atoms with E-state index in [2.05, 4.69) is 26.3 Å². The van der Waals surface area contributed by atoms with Gasteiger partial charge in [-0.15, -0.1) is 0 Å². The third kappa shape index (κ3) is 8.61. The van der Waals surface area contributed by atoms with Crippen LogP contribution >= 0.6 is 0 Å². The number of halogens is 6. The second kappa shape index (κ2) is 12.7. The van der Waals surface area contributed by atoms with Gasteiger partial charge in [-0.1, -0.05) is 6.07 Å². The molecule has 3 rings (SSSR count). The van der Waals surface area contributed by atoms with Gasteiger partial charge in [-0.2, -0.15) is 26.3 Å². The minimum atomic E-state index is -5.13. The first kappa shape index (κ1) is 30.2. The fourth-order valence-corrected chi connectivity index (χ4v) is 3.68. The zero-order valence-electron chi connectivity index (χ0n) is 21.0. The highest BCUT2D eigenvalue weighted by Gasteiger charge is 2.38. The van der Waals surface area contributed by atoms with Crippen LogP contribution in [0.3, 0.4) is 0 Å². The number of anilines is 1. The molecule has 0 radical (unpaired) electrons. The molecule has 0 saturated carbocycles. The van der Waals surface area contributed by atoms with Crippen LogP contribution in [0.2, 0.25) is 0 Å². The summed E-state index contributed by atoms with van der Waals surface area (Å²) in [6.45, 7) is 1.91. The van der Waals surface area contributed by atoms with Gasteiger partial charge in [0, 0.05) is 17.8 Å². The van der Waals surface area contributed by atoms with Gasteiger partial charge in [0.1, 0.15) is 0 Å². The van der Waals surface area contributed by atoms with Crippen LogP contribution in [0.1, 0.15) is 46.4 Å². The van der Waals surface area contributed by atoms with E-state index in [0.717, 1.165) is 0 Å². The number of esters is 1. The molecule has 0 aliphatic carbocycles. The van der Waals surface area contributed by atoms with Crippen molar-refractivity contribution in [1.29, 1.82) is 0 Å². The highest BCUT2D eigenvalue weighted by atomic mass is 19.4. The van der Waals surface area contributed by atoms with Crippen molar-refractivity contribution >= 4 is 29.4 Å². The summed E-state index contributed by atoms with van der Waals surface area (Å²) in [6, 6.07) is 5.36. The summed E-state index contributed by atoms with van der Waals surface area (Å²) < 4.78 is 84.9. The first-order valence-corrected chi connectivity index (χ1v) is 11.9. The van der Waals surface area contributed by atoms with E-state index in [-0.39, 0.29) is 18.2 Å². The minimum Gasteiger partial charge on any atom is -0.466 e. The van der Waals surface area contributed by atoms with Crippen molar-refractivity contribution in [2.45, 2.75) is 31.7 Å². The Bertz CT molecular complexity index is 1250. The number of nitrogens with zero attached hydrogens (tertiary/aromatic N) is 1. The molecule has 2 aromatic rings. The molecular formula is C25H25F6N5O4. The van der Waals surface area contributed by atoms with Gasteiger partial charge >= 0.3 is 18.3 Å².